The summed E-state index contributed by atoms with van der Waals surface area (Å²) in [6.07, 6.45) is 20.4. The molecule has 4 aliphatic rings. The SMILES string of the molecule is CC12C3=CC=CC1=CC=C1C=C(c4ccc(C#N)cc4)C=C(C=C3)C12C. The monoisotopic (exact) mass is 333 g/mol. The molecule has 0 aliphatic heterocycles. The summed E-state index contributed by atoms with van der Waals surface area (Å²) in [5.41, 5.74) is 8.43. The molecule has 0 saturated carbocycles. The second kappa shape index (κ2) is 4.96. The van der Waals surface area contributed by atoms with E-state index in [1.54, 1.807) is 0 Å². The molecule has 26 heavy (non-hydrogen) atoms. The van der Waals surface area contributed by atoms with Crippen LogP contribution in [-0.4, -0.2) is 0 Å². The molecular weight excluding hydrogens is 314 g/mol. The number of nitriles is 1. The molecule has 0 N–H and O–H groups in total. The summed E-state index contributed by atoms with van der Waals surface area (Å²) in [7, 11) is 0. The average molecular weight is 333 g/mol. The topological polar surface area (TPSA) is 23.8 Å². The lowest BCUT2D eigenvalue weighted by molar-refractivity contribution is 0.250. The lowest BCUT2D eigenvalue weighted by Crippen LogP contribution is -2.47. The maximum atomic E-state index is 9.04. The maximum absolute atomic E-state index is 9.04. The van der Waals surface area contributed by atoms with E-state index in [2.05, 4.69) is 74.6 Å². The van der Waals surface area contributed by atoms with Crippen molar-refractivity contribution in [2.45, 2.75) is 13.8 Å². The lowest BCUT2D eigenvalue weighted by atomic mass is 9.46. The highest BCUT2D eigenvalue weighted by Gasteiger charge is 2.55. The van der Waals surface area contributed by atoms with Gasteiger partial charge in [-0.2, -0.15) is 5.26 Å². The fourth-order valence-corrected chi connectivity index (χ4v) is 4.88. The zero-order valence-corrected chi connectivity index (χ0v) is 15.0. The first kappa shape index (κ1) is 15.2. The molecule has 1 heteroatoms. The van der Waals surface area contributed by atoms with E-state index in [4.69, 9.17) is 5.26 Å². The van der Waals surface area contributed by atoms with Crippen molar-refractivity contribution in [1.29, 1.82) is 5.26 Å². The summed E-state index contributed by atoms with van der Waals surface area (Å²) in [6, 6.07) is 10.1. The standard InChI is InChI=1S/C25H19N/c1-24-20-4-3-5-21(24)11-13-23-15-19(14-22(12-10-20)25(23,24)2)18-8-6-17(16-26)7-9-18/h3-15H,1-2H3. The molecule has 2 atom stereocenters. The van der Waals surface area contributed by atoms with Crippen LogP contribution in [0.1, 0.15) is 25.0 Å². The van der Waals surface area contributed by atoms with Gasteiger partial charge >= 0.3 is 0 Å². The summed E-state index contributed by atoms with van der Waals surface area (Å²) in [4.78, 5) is 0. The Morgan fingerprint density at radius 1 is 0.731 bits per heavy atom. The highest BCUT2D eigenvalue weighted by atomic mass is 14.6. The van der Waals surface area contributed by atoms with Gasteiger partial charge in [0.05, 0.1) is 11.6 Å². The highest BCUT2D eigenvalue weighted by Crippen LogP contribution is 2.65. The Morgan fingerprint density at radius 3 is 2.15 bits per heavy atom. The quantitative estimate of drug-likeness (QED) is 0.634. The zero-order chi connectivity index (χ0) is 17.9. The number of benzene rings is 1. The Bertz CT molecular complexity index is 1090. The molecule has 1 aromatic carbocycles. The van der Waals surface area contributed by atoms with E-state index < -0.39 is 0 Å². The summed E-state index contributed by atoms with van der Waals surface area (Å²) in [5, 5.41) is 9.04. The molecule has 1 aromatic rings. The third-order valence-electron chi connectivity index (χ3n) is 6.72. The molecule has 124 valence electrons. The summed E-state index contributed by atoms with van der Waals surface area (Å²) >= 11 is 0. The molecule has 0 saturated heterocycles. The van der Waals surface area contributed by atoms with E-state index in [0.29, 0.717) is 5.56 Å². The second-order valence-electron chi connectivity index (χ2n) is 7.70. The van der Waals surface area contributed by atoms with E-state index >= 15 is 0 Å². The Kier molecular flexibility index (Phi) is 2.89. The van der Waals surface area contributed by atoms with Crippen LogP contribution in [-0.2, 0) is 0 Å². The van der Waals surface area contributed by atoms with Crippen LogP contribution in [0.4, 0.5) is 0 Å². The fraction of sp³-hybridized carbons (Fsp3) is 0.160. The summed E-state index contributed by atoms with van der Waals surface area (Å²) < 4.78 is 0. The number of hydrogen-bond acceptors (Lipinski definition) is 1. The minimum atomic E-state index is -0.0570. The molecular formula is C25H19N. The van der Waals surface area contributed by atoms with Gasteiger partial charge in [-0.25, -0.2) is 0 Å². The van der Waals surface area contributed by atoms with Gasteiger partial charge in [0, 0.05) is 10.8 Å². The molecule has 0 aromatic heterocycles. The van der Waals surface area contributed by atoms with Crippen molar-refractivity contribution in [1.82, 2.24) is 0 Å². The zero-order valence-electron chi connectivity index (χ0n) is 15.0. The van der Waals surface area contributed by atoms with Crippen molar-refractivity contribution < 1.29 is 0 Å². The molecule has 2 unspecified atom stereocenters. The van der Waals surface area contributed by atoms with Crippen molar-refractivity contribution in [3.05, 3.63) is 112 Å². The van der Waals surface area contributed by atoms with Crippen LogP contribution in [0.25, 0.3) is 5.57 Å². The number of allylic oxidation sites excluding steroid dienone is 14. The first-order valence-electron chi connectivity index (χ1n) is 9.02. The van der Waals surface area contributed by atoms with Gasteiger partial charge < -0.3 is 0 Å². The van der Waals surface area contributed by atoms with Crippen LogP contribution >= 0.6 is 0 Å². The summed E-state index contributed by atoms with van der Waals surface area (Å²) in [5.74, 6) is 0. The minimum Gasteiger partial charge on any atom is -0.192 e. The number of hydrogen-bond donors (Lipinski definition) is 0. The molecule has 0 spiro atoms. The minimum absolute atomic E-state index is 0.0287. The maximum Gasteiger partial charge on any atom is 0.0991 e. The molecule has 0 fully saturated rings. The van der Waals surface area contributed by atoms with E-state index in [9.17, 15) is 0 Å². The smallest absolute Gasteiger partial charge is 0.0991 e. The highest BCUT2D eigenvalue weighted by molar-refractivity contribution is 5.83. The van der Waals surface area contributed by atoms with Crippen LogP contribution in [0.2, 0.25) is 0 Å². The van der Waals surface area contributed by atoms with Crippen molar-refractivity contribution in [2.24, 2.45) is 10.8 Å². The van der Waals surface area contributed by atoms with E-state index in [1.807, 2.05) is 24.3 Å². The molecule has 5 rings (SSSR count). The molecule has 0 radical (unpaired) electrons. The Hall–Kier alpha value is -3.11. The first-order valence-corrected chi connectivity index (χ1v) is 9.02. The summed E-state index contributed by atoms with van der Waals surface area (Å²) in [6.45, 7) is 4.75. The molecule has 4 aliphatic carbocycles. The van der Waals surface area contributed by atoms with Gasteiger partial charge in [-0.1, -0.05) is 80.7 Å². The molecule has 0 amide bonds. The van der Waals surface area contributed by atoms with Gasteiger partial charge in [-0.3, -0.25) is 0 Å². The second-order valence-corrected chi connectivity index (χ2v) is 7.70. The Morgan fingerprint density at radius 2 is 1.38 bits per heavy atom. The van der Waals surface area contributed by atoms with Gasteiger partial charge in [-0.15, -0.1) is 0 Å². The largest absolute Gasteiger partial charge is 0.192 e. The Labute approximate surface area is 154 Å². The Balaban J connectivity index is 1.73. The van der Waals surface area contributed by atoms with Crippen molar-refractivity contribution in [3.8, 4) is 6.07 Å². The predicted octanol–water partition coefficient (Wildman–Crippen LogP) is 5.83. The number of nitrogens with zero attached hydrogens (tertiary/aromatic N) is 1. The van der Waals surface area contributed by atoms with E-state index in [-0.39, 0.29) is 10.8 Å². The fourth-order valence-electron chi connectivity index (χ4n) is 4.88. The van der Waals surface area contributed by atoms with Crippen LogP contribution in [0.3, 0.4) is 0 Å². The number of rotatable bonds is 1. The molecule has 0 heterocycles. The third kappa shape index (κ3) is 1.69. The van der Waals surface area contributed by atoms with E-state index in [1.165, 1.54) is 27.9 Å². The van der Waals surface area contributed by atoms with E-state index in [0.717, 1.165) is 5.56 Å². The van der Waals surface area contributed by atoms with Gasteiger partial charge in [0.15, 0.2) is 0 Å². The normalized spacial score (nSPS) is 30.3. The predicted molar refractivity (Wildman–Crippen MR) is 106 cm³/mol. The van der Waals surface area contributed by atoms with Crippen LogP contribution in [0, 0.1) is 22.2 Å². The van der Waals surface area contributed by atoms with Crippen molar-refractivity contribution >= 4 is 5.57 Å². The average Bonchev–Trinajstić information content (AvgIpc) is 2.66. The van der Waals surface area contributed by atoms with Gasteiger partial charge in [0.25, 0.3) is 0 Å². The van der Waals surface area contributed by atoms with Crippen molar-refractivity contribution in [3.63, 3.8) is 0 Å². The lowest BCUT2D eigenvalue weighted by Gasteiger charge is -2.56. The molecule has 1 nitrogen and oxygen atoms in total. The van der Waals surface area contributed by atoms with Crippen LogP contribution < -0.4 is 0 Å². The van der Waals surface area contributed by atoms with Crippen LogP contribution in [0.15, 0.2) is 101 Å². The molecule has 0 bridgehead atoms. The van der Waals surface area contributed by atoms with Gasteiger partial charge in [0.2, 0.25) is 0 Å². The van der Waals surface area contributed by atoms with Gasteiger partial charge in [-0.05, 0) is 45.6 Å². The van der Waals surface area contributed by atoms with Crippen molar-refractivity contribution in [2.75, 3.05) is 0 Å². The first-order chi connectivity index (χ1) is 12.6. The van der Waals surface area contributed by atoms with Crippen LogP contribution in [0.5, 0.6) is 0 Å². The van der Waals surface area contributed by atoms with Gasteiger partial charge in [0.1, 0.15) is 0 Å². The third-order valence-corrected chi connectivity index (χ3v) is 6.72.